The minimum Gasteiger partial charge on any atom is -0.394 e. The second kappa shape index (κ2) is 4.74. The summed E-state index contributed by atoms with van der Waals surface area (Å²) in [5.41, 5.74) is 0.990. The molecule has 1 aromatic rings. The Morgan fingerprint density at radius 3 is 2.50 bits per heavy atom. The van der Waals surface area contributed by atoms with Crippen LogP contribution in [0.4, 0.5) is 0 Å². The van der Waals surface area contributed by atoms with Crippen molar-refractivity contribution in [3.8, 4) is 0 Å². The summed E-state index contributed by atoms with van der Waals surface area (Å²) in [5, 5.41) is 13.7. The Kier molecular flexibility index (Phi) is 3.53. The number of aliphatic hydroxyl groups is 1. The highest BCUT2D eigenvalue weighted by Gasteiger charge is 2.31. The third-order valence-electron chi connectivity index (χ3n) is 2.99. The molecule has 2 nitrogen and oxygen atoms in total. The largest absolute Gasteiger partial charge is 0.394 e. The number of rotatable bonds is 5. The first kappa shape index (κ1) is 11.9. The maximum absolute atomic E-state index is 9.49. The van der Waals surface area contributed by atoms with Gasteiger partial charge in [0, 0.05) is 16.6 Å². The summed E-state index contributed by atoms with van der Waals surface area (Å²) in [6.07, 6.45) is 3.30. The van der Waals surface area contributed by atoms with Crippen molar-refractivity contribution >= 4 is 11.6 Å². The van der Waals surface area contributed by atoms with Crippen molar-refractivity contribution in [3.63, 3.8) is 0 Å². The van der Waals surface area contributed by atoms with Crippen LogP contribution in [0, 0.1) is 0 Å². The molecule has 0 heterocycles. The highest BCUT2D eigenvalue weighted by Crippen LogP contribution is 2.24. The van der Waals surface area contributed by atoms with Crippen molar-refractivity contribution in [1.29, 1.82) is 0 Å². The molecule has 1 aliphatic carbocycles. The lowest BCUT2D eigenvalue weighted by molar-refractivity contribution is 0.172. The minimum atomic E-state index is -0.213. The molecule has 88 valence electrons. The zero-order chi connectivity index (χ0) is 11.6. The summed E-state index contributed by atoms with van der Waals surface area (Å²) in [7, 11) is 0. The van der Waals surface area contributed by atoms with Gasteiger partial charge in [0.2, 0.25) is 0 Å². The van der Waals surface area contributed by atoms with E-state index in [-0.39, 0.29) is 12.1 Å². The fraction of sp³-hybridized carbons (Fsp3) is 0.538. The standard InChI is InChI=1S/C13H18ClNO/c1-13(9-16,15-12-6-7-12)8-10-2-4-11(14)5-3-10/h2-5,12,15-16H,6-9H2,1H3. The van der Waals surface area contributed by atoms with E-state index in [9.17, 15) is 5.11 Å². The van der Waals surface area contributed by atoms with Gasteiger partial charge in [-0.3, -0.25) is 0 Å². The van der Waals surface area contributed by atoms with E-state index in [2.05, 4.69) is 12.2 Å². The molecule has 0 saturated heterocycles. The van der Waals surface area contributed by atoms with Gasteiger partial charge < -0.3 is 10.4 Å². The number of benzene rings is 1. The molecule has 1 saturated carbocycles. The van der Waals surface area contributed by atoms with Gasteiger partial charge in [0.25, 0.3) is 0 Å². The van der Waals surface area contributed by atoms with Crippen molar-refractivity contribution in [3.05, 3.63) is 34.9 Å². The summed E-state index contributed by atoms with van der Waals surface area (Å²) < 4.78 is 0. The molecule has 1 atom stereocenters. The van der Waals surface area contributed by atoms with E-state index in [4.69, 9.17) is 11.6 Å². The van der Waals surface area contributed by atoms with Crippen LogP contribution in [0.1, 0.15) is 25.3 Å². The summed E-state index contributed by atoms with van der Waals surface area (Å²) in [4.78, 5) is 0. The Morgan fingerprint density at radius 1 is 1.38 bits per heavy atom. The highest BCUT2D eigenvalue weighted by atomic mass is 35.5. The van der Waals surface area contributed by atoms with E-state index in [1.54, 1.807) is 0 Å². The smallest absolute Gasteiger partial charge is 0.0613 e. The molecular formula is C13H18ClNO. The zero-order valence-electron chi connectivity index (χ0n) is 9.54. The quantitative estimate of drug-likeness (QED) is 0.827. The predicted octanol–water partition coefficient (Wildman–Crippen LogP) is 2.39. The van der Waals surface area contributed by atoms with Crippen molar-refractivity contribution in [1.82, 2.24) is 5.32 Å². The van der Waals surface area contributed by atoms with Gasteiger partial charge in [0.05, 0.1) is 6.61 Å². The average Bonchev–Trinajstić information content (AvgIpc) is 3.05. The minimum absolute atomic E-state index is 0.159. The molecule has 0 bridgehead atoms. The summed E-state index contributed by atoms with van der Waals surface area (Å²) in [5.74, 6) is 0. The van der Waals surface area contributed by atoms with Crippen LogP contribution in [-0.2, 0) is 6.42 Å². The Hall–Kier alpha value is -0.570. The summed E-state index contributed by atoms with van der Waals surface area (Å²) >= 11 is 5.85. The maximum Gasteiger partial charge on any atom is 0.0613 e. The van der Waals surface area contributed by atoms with E-state index in [0.717, 1.165) is 11.4 Å². The Labute approximate surface area is 102 Å². The third kappa shape index (κ3) is 3.21. The zero-order valence-corrected chi connectivity index (χ0v) is 10.3. The lowest BCUT2D eigenvalue weighted by Gasteiger charge is -2.29. The predicted molar refractivity (Wildman–Crippen MR) is 66.8 cm³/mol. The van der Waals surface area contributed by atoms with E-state index in [1.165, 1.54) is 18.4 Å². The van der Waals surface area contributed by atoms with Crippen molar-refractivity contribution < 1.29 is 5.11 Å². The fourth-order valence-corrected chi connectivity index (χ4v) is 2.05. The first-order chi connectivity index (χ1) is 7.61. The van der Waals surface area contributed by atoms with Gasteiger partial charge in [0.15, 0.2) is 0 Å². The number of nitrogens with one attached hydrogen (secondary N) is 1. The number of halogens is 1. The SMILES string of the molecule is CC(CO)(Cc1ccc(Cl)cc1)NC1CC1. The van der Waals surface area contributed by atoms with Gasteiger partial charge in [-0.05, 0) is 43.9 Å². The summed E-state index contributed by atoms with van der Waals surface area (Å²) in [6, 6.07) is 8.43. The lowest BCUT2D eigenvalue weighted by Crippen LogP contribution is -2.48. The highest BCUT2D eigenvalue weighted by molar-refractivity contribution is 6.30. The molecule has 1 aromatic carbocycles. The molecule has 0 radical (unpaired) electrons. The molecule has 1 aliphatic rings. The number of hydrogen-bond donors (Lipinski definition) is 2. The Morgan fingerprint density at radius 2 is 2.00 bits per heavy atom. The van der Waals surface area contributed by atoms with Crippen LogP contribution >= 0.6 is 11.6 Å². The molecule has 2 N–H and O–H groups in total. The van der Waals surface area contributed by atoms with Gasteiger partial charge in [-0.15, -0.1) is 0 Å². The molecule has 0 aromatic heterocycles. The van der Waals surface area contributed by atoms with Crippen molar-refractivity contribution in [2.24, 2.45) is 0 Å². The van der Waals surface area contributed by atoms with Crippen LogP contribution in [0.25, 0.3) is 0 Å². The molecule has 1 fully saturated rings. The number of hydrogen-bond acceptors (Lipinski definition) is 2. The average molecular weight is 240 g/mol. The van der Waals surface area contributed by atoms with Gasteiger partial charge in [-0.25, -0.2) is 0 Å². The van der Waals surface area contributed by atoms with Crippen LogP contribution < -0.4 is 5.32 Å². The van der Waals surface area contributed by atoms with Crippen LogP contribution in [0.15, 0.2) is 24.3 Å². The third-order valence-corrected chi connectivity index (χ3v) is 3.24. The topological polar surface area (TPSA) is 32.3 Å². The Balaban J connectivity index is 2.01. The summed E-state index contributed by atoms with van der Waals surface area (Å²) in [6.45, 7) is 2.23. The lowest BCUT2D eigenvalue weighted by atomic mass is 9.93. The molecule has 0 amide bonds. The molecule has 1 unspecified atom stereocenters. The first-order valence-electron chi connectivity index (χ1n) is 5.74. The van der Waals surface area contributed by atoms with Gasteiger partial charge in [-0.1, -0.05) is 23.7 Å². The van der Waals surface area contributed by atoms with E-state index in [0.29, 0.717) is 6.04 Å². The molecule has 16 heavy (non-hydrogen) atoms. The van der Waals surface area contributed by atoms with E-state index < -0.39 is 0 Å². The molecule has 0 spiro atoms. The van der Waals surface area contributed by atoms with Crippen molar-refractivity contribution in [2.75, 3.05) is 6.61 Å². The molecule has 3 heteroatoms. The van der Waals surface area contributed by atoms with Gasteiger partial charge in [0.1, 0.15) is 0 Å². The molecular weight excluding hydrogens is 222 g/mol. The van der Waals surface area contributed by atoms with Crippen LogP contribution in [0.3, 0.4) is 0 Å². The monoisotopic (exact) mass is 239 g/mol. The van der Waals surface area contributed by atoms with Crippen LogP contribution in [-0.4, -0.2) is 23.3 Å². The normalized spacial score (nSPS) is 19.4. The van der Waals surface area contributed by atoms with Gasteiger partial charge in [-0.2, -0.15) is 0 Å². The van der Waals surface area contributed by atoms with Crippen LogP contribution in [0.2, 0.25) is 5.02 Å². The second-order valence-corrected chi connectivity index (χ2v) is 5.38. The van der Waals surface area contributed by atoms with E-state index in [1.807, 2.05) is 24.3 Å². The second-order valence-electron chi connectivity index (χ2n) is 4.94. The van der Waals surface area contributed by atoms with Crippen LogP contribution in [0.5, 0.6) is 0 Å². The Bertz CT molecular complexity index is 347. The molecule has 2 rings (SSSR count). The first-order valence-corrected chi connectivity index (χ1v) is 6.12. The van der Waals surface area contributed by atoms with Gasteiger partial charge >= 0.3 is 0 Å². The molecule has 0 aliphatic heterocycles. The fourth-order valence-electron chi connectivity index (χ4n) is 1.93. The maximum atomic E-state index is 9.49. The van der Waals surface area contributed by atoms with Crippen molar-refractivity contribution in [2.45, 2.75) is 37.8 Å². The number of aliphatic hydroxyl groups excluding tert-OH is 1. The van der Waals surface area contributed by atoms with E-state index >= 15 is 0 Å².